The second-order valence-corrected chi connectivity index (χ2v) is 4.03. The molecular formula is C13H12N2O3. The van der Waals surface area contributed by atoms with E-state index in [1.54, 1.807) is 42.2 Å². The normalized spacial score (nSPS) is 13.4. The van der Waals surface area contributed by atoms with Gasteiger partial charge in [-0.2, -0.15) is 5.10 Å². The fourth-order valence-corrected chi connectivity index (χ4v) is 1.93. The molecule has 2 heterocycles. The molecule has 0 aliphatic carbocycles. The van der Waals surface area contributed by atoms with Crippen molar-refractivity contribution in [3.05, 3.63) is 41.7 Å². The SMILES string of the molecule is Cn1nccc1C(=O)c1ccc2c(c1)OCCO2. The van der Waals surface area contributed by atoms with Crippen molar-refractivity contribution in [1.82, 2.24) is 9.78 Å². The quantitative estimate of drug-likeness (QED) is 0.750. The van der Waals surface area contributed by atoms with Gasteiger partial charge in [-0.3, -0.25) is 9.48 Å². The van der Waals surface area contributed by atoms with Crippen LogP contribution in [-0.4, -0.2) is 28.8 Å². The summed E-state index contributed by atoms with van der Waals surface area (Å²) in [7, 11) is 1.74. The highest BCUT2D eigenvalue weighted by molar-refractivity contribution is 6.08. The van der Waals surface area contributed by atoms with E-state index in [9.17, 15) is 4.79 Å². The van der Waals surface area contributed by atoms with Crippen LogP contribution >= 0.6 is 0 Å². The van der Waals surface area contributed by atoms with Gasteiger partial charge in [0.25, 0.3) is 0 Å². The van der Waals surface area contributed by atoms with Crippen molar-refractivity contribution in [2.45, 2.75) is 0 Å². The van der Waals surface area contributed by atoms with Crippen LogP contribution in [0.25, 0.3) is 0 Å². The van der Waals surface area contributed by atoms with E-state index < -0.39 is 0 Å². The summed E-state index contributed by atoms with van der Waals surface area (Å²) >= 11 is 0. The van der Waals surface area contributed by atoms with Gasteiger partial charge in [-0.15, -0.1) is 0 Å². The van der Waals surface area contributed by atoms with E-state index in [0.29, 0.717) is 36.0 Å². The zero-order valence-corrected chi connectivity index (χ0v) is 9.92. The lowest BCUT2D eigenvalue weighted by Gasteiger charge is -2.18. The minimum Gasteiger partial charge on any atom is -0.486 e. The van der Waals surface area contributed by atoms with Crippen LogP contribution in [0.15, 0.2) is 30.5 Å². The van der Waals surface area contributed by atoms with Gasteiger partial charge in [0.05, 0.1) is 0 Å². The summed E-state index contributed by atoms with van der Waals surface area (Å²) in [6, 6.07) is 6.91. The van der Waals surface area contributed by atoms with Crippen molar-refractivity contribution in [2.75, 3.05) is 13.2 Å². The standard InChI is InChI=1S/C13H12N2O3/c1-15-10(4-5-14-15)13(16)9-2-3-11-12(8-9)18-7-6-17-11/h2-5,8H,6-7H2,1H3. The molecule has 0 saturated heterocycles. The Morgan fingerprint density at radius 1 is 1.22 bits per heavy atom. The number of carbonyl (C=O) groups excluding carboxylic acids is 1. The molecule has 0 radical (unpaired) electrons. The summed E-state index contributed by atoms with van der Waals surface area (Å²) in [6.07, 6.45) is 1.60. The maximum Gasteiger partial charge on any atom is 0.211 e. The van der Waals surface area contributed by atoms with Crippen molar-refractivity contribution in [3.63, 3.8) is 0 Å². The Bertz CT molecular complexity index is 604. The lowest BCUT2D eigenvalue weighted by atomic mass is 10.1. The minimum absolute atomic E-state index is 0.0769. The molecule has 1 aliphatic heterocycles. The first-order valence-corrected chi connectivity index (χ1v) is 5.68. The van der Waals surface area contributed by atoms with Gasteiger partial charge in [0.1, 0.15) is 18.9 Å². The smallest absolute Gasteiger partial charge is 0.211 e. The van der Waals surface area contributed by atoms with Crippen molar-refractivity contribution >= 4 is 5.78 Å². The summed E-state index contributed by atoms with van der Waals surface area (Å²) in [6.45, 7) is 1.05. The Morgan fingerprint density at radius 2 is 2.00 bits per heavy atom. The van der Waals surface area contributed by atoms with Gasteiger partial charge < -0.3 is 9.47 Å². The number of aromatic nitrogens is 2. The van der Waals surface area contributed by atoms with Crippen LogP contribution < -0.4 is 9.47 Å². The molecule has 0 N–H and O–H groups in total. The Labute approximate surface area is 104 Å². The molecule has 5 nitrogen and oxygen atoms in total. The number of rotatable bonds is 2. The van der Waals surface area contributed by atoms with E-state index in [2.05, 4.69) is 5.10 Å². The number of carbonyl (C=O) groups is 1. The zero-order chi connectivity index (χ0) is 12.5. The molecule has 1 aromatic carbocycles. The molecule has 18 heavy (non-hydrogen) atoms. The highest BCUT2D eigenvalue weighted by Crippen LogP contribution is 2.31. The van der Waals surface area contributed by atoms with Crippen LogP contribution in [0.3, 0.4) is 0 Å². The number of benzene rings is 1. The molecule has 1 aliphatic rings. The maximum atomic E-state index is 12.3. The molecule has 0 unspecified atom stereocenters. The van der Waals surface area contributed by atoms with E-state index in [1.165, 1.54) is 0 Å². The van der Waals surface area contributed by atoms with Crippen molar-refractivity contribution in [1.29, 1.82) is 0 Å². The number of hydrogen-bond acceptors (Lipinski definition) is 4. The van der Waals surface area contributed by atoms with Crippen LogP contribution in [-0.2, 0) is 7.05 Å². The van der Waals surface area contributed by atoms with Gasteiger partial charge in [-0.1, -0.05) is 0 Å². The number of ether oxygens (including phenoxy) is 2. The van der Waals surface area contributed by atoms with E-state index in [0.717, 1.165) is 0 Å². The number of hydrogen-bond donors (Lipinski definition) is 0. The summed E-state index contributed by atoms with van der Waals surface area (Å²) in [5.74, 6) is 1.23. The van der Waals surface area contributed by atoms with Crippen LogP contribution in [0.1, 0.15) is 16.1 Å². The first-order valence-electron chi connectivity index (χ1n) is 5.68. The lowest BCUT2D eigenvalue weighted by Crippen LogP contribution is -2.16. The molecule has 92 valence electrons. The molecule has 0 saturated carbocycles. The fraction of sp³-hybridized carbons (Fsp3) is 0.231. The van der Waals surface area contributed by atoms with Crippen molar-refractivity contribution < 1.29 is 14.3 Å². The fourth-order valence-electron chi connectivity index (χ4n) is 1.93. The van der Waals surface area contributed by atoms with Crippen LogP contribution in [0, 0.1) is 0 Å². The summed E-state index contributed by atoms with van der Waals surface area (Å²) in [4.78, 5) is 12.3. The molecule has 3 rings (SSSR count). The Balaban J connectivity index is 1.98. The van der Waals surface area contributed by atoms with E-state index in [4.69, 9.17) is 9.47 Å². The highest BCUT2D eigenvalue weighted by atomic mass is 16.6. The molecule has 0 atom stereocenters. The second-order valence-electron chi connectivity index (χ2n) is 4.03. The minimum atomic E-state index is -0.0769. The predicted octanol–water partition coefficient (Wildman–Crippen LogP) is 1.42. The Kier molecular flexibility index (Phi) is 2.51. The summed E-state index contributed by atoms with van der Waals surface area (Å²) in [5, 5.41) is 3.99. The molecule has 2 aromatic rings. The van der Waals surface area contributed by atoms with Crippen molar-refractivity contribution in [2.24, 2.45) is 7.05 Å². The topological polar surface area (TPSA) is 53.4 Å². The van der Waals surface area contributed by atoms with Gasteiger partial charge in [0.2, 0.25) is 5.78 Å². The Morgan fingerprint density at radius 3 is 2.72 bits per heavy atom. The molecule has 5 heteroatoms. The largest absolute Gasteiger partial charge is 0.486 e. The third-order valence-electron chi connectivity index (χ3n) is 2.86. The van der Waals surface area contributed by atoms with E-state index in [1.807, 2.05) is 0 Å². The molecule has 1 aromatic heterocycles. The molecule has 0 spiro atoms. The Hall–Kier alpha value is -2.30. The first-order chi connectivity index (χ1) is 8.75. The summed E-state index contributed by atoms with van der Waals surface area (Å²) < 4.78 is 12.4. The molecule has 0 amide bonds. The number of ketones is 1. The number of aryl methyl sites for hydroxylation is 1. The number of nitrogens with zero attached hydrogens (tertiary/aromatic N) is 2. The lowest BCUT2D eigenvalue weighted by molar-refractivity contribution is 0.102. The summed E-state index contributed by atoms with van der Waals surface area (Å²) in [5.41, 5.74) is 1.12. The van der Waals surface area contributed by atoms with E-state index >= 15 is 0 Å². The average molecular weight is 244 g/mol. The molecular weight excluding hydrogens is 232 g/mol. The maximum absolute atomic E-state index is 12.3. The third-order valence-corrected chi connectivity index (χ3v) is 2.86. The predicted molar refractivity (Wildman–Crippen MR) is 64.1 cm³/mol. The van der Waals surface area contributed by atoms with Gasteiger partial charge in [-0.05, 0) is 24.3 Å². The average Bonchev–Trinajstić information content (AvgIpc) is 2.83. The van der Waals surface area contributed by atoms with Gasteiger partial charge in [0, 0.05) is 18.8 Å². The van der Waals surface area contributed by atoms with E-state index in [-0.39, 0.29) is 5.78 Å². The first kappa shape index (κ1) is 10.8. The van der Waals surface area contributed by atoms with Crippen LogP contribution in [0.5, 0.6) is 11.5 Å². The van der Waals surface area contributed by atoms with Crippen molar-refractivity contribution in [3.8, 4) is 11.5 Å². The van der Waals surface area contributed by atoms with Gasteiger partial charge in [-0.25, -0.2) is 0 Å². The van der Waals surface area contributed by atoms with Gasteiger partial charge in [0.15, 0.2) is 11.5 Å². The number of fused-ring (bicyclic) bond motifs is 1. The van der Waals surface area contributed by atoms with Gasteiger partial charge >= 0.3 is 0 Å². The third kappa shape index (κ3) is 1.73. The van der Waals surface area contributed by atoms with Crippen LogP contribution in [0.2, 0.25) is 0 Å². The zero-order valence-electron chi connectivity index (χ0n) is 9.92. The molecule has 0 fully saturated rings. The molecule has 0 bridgehead atoms. The van der Waals surface area contributed by atoms with Crippen LogP contribution in [0.4, 0.5) is 0 Å². The second kappa shape index (κ2) is 4.18. The highest BCUT2D eigenvalue weighted by Gasteiger charge is 2.17. The monoisotopic (exact) mass is 244 g/mol.